The average molecular weight is 229 g/mol. The predicted molar refractivity (Wildman–Crippen MR) is 53.4 cm³/mol. The molecule has 2 rings (SSSR count). The molecule has 68 valence electrons. The number of hydrogen-bond acceptors (Lipinski definition) is 3. The highest BCUT2D eigenvalue weighted by Crippen LogP contribution is 1.99. The molecule has 0 aliphatic carbocycles. The molecule has 0 bridgehead atoms. The summed E-state index contributed by atoms with van der Waals surface area (Å²) in [7, 11) is 0. The van der Waals surface area contributed by atoms with Gasteiger partial charge in [-0.25, -0.2) is 15.0 Å². The van der Waals surface area contributed by atoms with Gasteiger partial charge in [0.15, 0.2) is 5.65 Å². The first kappa shape index (κ1) is 14.0. The lowest BCUT2D eigenvalue weighted by atomic mass is 10.6. The van der Waals surface area contributed by atoms with E-state index in [1.165, 1.54) is 6.33 Å². The summed E-state index contributed by atoms with van der Waals surface area (Å²) in [5.41, 5.74) is 1.59. The van der Waals surface area contributed by atoms with E-state index in [2.05, 4.69) is 19.9 Å². The molecule has 0 unspecified atom stereocenters. The first-order valence-electron chi connectivity index (χ1n) is 2.56. The number of halogens is 3. The fourth-order valence-electron chi connectivity index (χ4n) is 0.691. The number of H-pyrrole nitrogens is 1. The van der Waals surface area contributed by atoms with Crippen LogP contribution in [0.4, 0.5) is 0 Å². The molecule has 0 atom stereocenters. The predicted octanol–water partition coefficient (Wildman–Crippen LogP) is 1.62. The standard InChI is InChI=1S/C5H4N4.3ClH/c1-4-5(8-2-6-1)9-3-7-4;;;/h1-3H,(H,6,7,8,9);3*1H. The highest BCUT2D eigenvalue weighted by atomic mass is 35.5. The van der Waals surface area contributed by atoms with Crippen molar-refractivity contribution in [2.75, 3.05) is 0 Å². The maximum atomic E-state index is 3.91. The molecule has 7 heteroatoms. The summed E-state index contributed by atoms with van der Waals surface area (Å²) in [6, 6.07) is 0. The van der Waals surface area contributed by atoms with Crippen LogP contribution in [-0.4, -0.2) is 19.9 Å². The Hall–Kier alpha value is -0.580. The van der Waals surface area contributed by atoms with Crippen LogP contribution in [-0.2, 0) is 0 Å². The van der Waals surface area contributed by atoms with Gasteiger partial charge in [-0.15, -0.1) is 37.2 Å². The van der Waals surface area contributed by atoms with E-state index >= 15 is 0 Å². The minimum absolute atomic E-state index is 0. The maximum absolute atomic E-state index is 3.91. The van der Waals surface area contributed by atoms with E-state index in [0.717, 1.165) is 5.52 Å². The first-order valence-corrected chi connectivity index (χ1v) is 2.56. The van der Waals surface area contributed by atoms with Crippen LogP contribution >= 0.6 is 37.2 Å². The maximum Gasteiger partial charge on any atom is 0.180 e. The van der Waals surface area contributed by atoms with E-state index in [4.69, 9.17) is 0 Å². The fraction of sp³-hybridized carbons (Fsp3) is 0. The van der Waals surface area contributed by atoms with Crippen molar-refractivity contribution in [3.63, 3.8) is 0 Å². The Balaban J connectivity index is 0. The summed E-state index contributed by atoms with van der Waals surface area (Å²) in [6.07, 6.45) is 4.76. The Kier molecular flexibility index (Phi) is 6.98. The molecule has 2 aromatic heterocycles. The van der Waals surface area contributed by atoms with Crippen molar-refractivity contribution in [3.8, 4) is 0 Å². The molecular weight excluding hydrogens is 222 g/mol. The van der Waals surface area contributed by atoms with Gasteiger partial charge in [-0.2, -0.15) is 0 Å². The van der Waals surface area contributed by atoms with Gasteiger partial charge < -0.3 is 4.98 Å². The lowest BCUT2D eigenvalue weighted by Gasteiger charge is -1.80. The second-order valence-electron chi connectivity index (χ2n) is 1.66. The minimum atomic E-state index is 0. The molecule has 2 aromatic rings. The van der Waals surface area contributed by atoms with Crippen LogP contribution in [0.25, 0.3) is 11.2 Å². The quantitative estimate of drug-likeness (QED) is 0.747. The minimum Gasteiger partial charge on any atom is -0.342 e. The lowest BCUT2D eigenvalue weighted by molar-refractivity contribution is 1.20. The van der Waals surface area contributed by atoms with Gasteiger partial charge in [-0.1, -0.05) is 0 Å². The molecule has 0 radical (unpaired) electrons. The summed E-state index contributed by atoms with van der Waals surface area (Å²) in [6.45, 7) is 0. The summed E-state index contributed by atoms with van der Waals surface area (Å²) in [5, 5.41) is 0. The van der Waals surface area contributed by atoms with Crippen molar-refractivity contribution >= 4 is 48.4 Å². The molecule has 0 saturated carbocycles. The van der Waals surface area contributed by atoms with Crippen LogP contribution in [0.5, 0.6) is 0 Å². The molecule has 0 aliphatic rings. The van der Waals surface area contributed by atoms with Gasteiger partial charge >= 0.3 is 0 Å². The van der Waals surface area contributed by atoms with Gasteiger partial charge in [0.2, 0.25) is 0 Å². The molecule has 0 aliphatic heterocycles. The number of aromatic amines is 1. The van der Waals surface area contributed by atoms with Crippen molar-refractivity contribution in [1.82, 2.24) is 19.9 Å². The number of imidazole rings is 1. The third kappa shape index (κ3) is 2.48. The van der Waals surface area contributed by atoms with Gasteiger partial charge in [-0.05, 0) is 0 Å². The zero-order chi connectivity index (χ0) is 6.10. The van der Waals surface area contributed by atoms with Gasteiger partial charge in [0.25, 0.3) is 0 Å². The number of fused-ring (bicyclic) bond motifs is 1. The molecule has 1 N–H and O–H groups in total. The highest BCUT2D eigenvalue weighted by molar-refractivity contribution is 5.86. The van der Waals surface area contributed by atoms with Gasteiger partial charge in [0.05, 0.1) is 12.5 Å². The summed E-state index contributed by atoms with van der Waals surface area (Å²) in [4.78, 5) is 14.5. The summed E-state index contributed by atoms with van der Waals surface area (Å²) in [5.74, 6) is 0. The van der Waals surface area contributed by atoms with Crippen molar-refractivity contribution in [1.29, 1.82) is 0 Å². The van der Waals surface area contributed by atoms with Crippen molar-refractivity contribution in [2.24, 2.45) is 0 Å². The SMILES string of the molecule is Cl.Cl.Cl.c1ncc2[nH]cnc2n1. The van der Waals surface area contributed by atoms with E-state index < -0.39 is 0 Å². The van der Waals surface area contributed by atoms with E-state index in [1.807, 2.05) is 0 Å². The van der Waals surface area contributed by atoms with Gasteiger partial charge in [0, 0.05) is 0 Å². The molecule has 4 nitrogen and oxygen atoms in total. The lowest BCUT2D eigenvalue weighted by Crippen LogP contribution is -1.76. The van der Waals surface area contributed by atoms with Crippen molar-refractivity contribution in [2.45, 2.75) is 0 Å². The molecule has 0 aromatic carbocycles. The van der Waals surface area contributed by atoms with Gasteiger partial charge in [0.1, 0.15) is 11.8 Å². The van der Waals surface area contributed by atoms with E-state index in [0.29, 0.717) is 5.65 Å². The van der Waals surface area contributed by atoms with Crippen LogP contribution < -0.4 is 0 Å². The Morgan fingerprint density at radius 3 is 2.50 bits per heavy atom. The molecule has 0 saturated heterocycles. The van der Waals surface area contributed by atoms with E-state index in [1.54, 1.807) is 12.5 Å². The zero-order valence-electron chi connectivity index (χ0n) is 5.80. The van der Waals surface area contributed by atoms with Crippen LogP contribution in [0, 0.1) is 0 Å². The molecule has 0 fully saturated rings. The Morgan fingerprint density at radius 1 is 1.08 bits per heavy atom. The average Bonchev–Trinajstić information content (AvgIpc) is 2.33. The largest absolute Gasteiger partial charge is 0.342 e. The number of nitrogens with zero attached hydrogens (tertiary/aromatic N) is 3. The third-order valence-electron chi connectivity index (χ3n) is 1.10. The first-order chi connectivity index (χ1) is 4.47. The molecule has 12 heavy (non-hydrogen) atoms. The van der Waals surface area contributed by atoms with Crippen LogP contribution in [0.1, 0.15) is 0 Å². The molecule has 0 spiro atoms. The highest BCUT2D eigenvalue weighted by Gasteiger charge is 1.91. The number of nitrogens with one attached hydrogen (secondary N) is 1. The number of aromatic nitrogens is 4. The Morgan fingerprint density at radius 2 is 1.83 bits per heavy atom. The van der Waals surface area contributed by atoms with E-state index in [9.17, 15) is 0 Å². The second-order valence-corrected chi connectivity index (χ2v) is 1.66. The number of rotatable bonds is 0. The fourth-order valence-corrected chi connectivity index (χ4v) is 0.691. The molecular formula is C5H7Cl3N4. The normalized spacial score (nSPS) is 7.67. The summed E-state index contributed by atoms with van der Waals surface area (Å²) < 4.78 is 0. The topological polar surface area (TPSA) is 54.5 Å². The van der Waals surface area contributed by atoms with Crippen molar-refractivity contribution in [3.05, 3.63) is 18.9 Å². The second kappa shape index (κ2) is 5.99. The number of hydrogen-bond donors (Lipinski definition) is 1. The van der Waals surface area contributed by atoms with Crippen molar-refractivity contribution < 1.29 is 0 Å². The zero-order valence-corrected chi connectivity index (χ0v) is 8.25. The van der Waals surface area contributed by atoms with Crippen LogP contribution in [0.3, 0.4) is 0 Å². The Labute approximate surface area is 87.4 Å². The van der Waals surface area contributed by atoms with Crippen LogP contribution in [0.2, 0.25) is 0 Å². The molecule has 0 amide bonds. The van der Waals surface area contributed by atoms with Crippen LogP contribution in [0.15, 0.2) is 18.9 Å². The van der Waals surface area contributed by atoms with E-state index in [-0.39, 0.29) is 37.2 Å². The monoisotopic (exact) mass is 228 g/mol. The summed E-state index contributed by atoms with van der Waals surface area (Å²) >= 11 is 0. The third-order valence-corrected chi connectivity index (χ3v) is 1.10. The Bertz CT molecular complexity index is 293. The van der Waals surface area contributed by atoms with Gasteiger partial charge in [-0.3, -0.25) is 0 Å². The smallest absolute Gasteiger partial charge is 0.180 e. The molecule has 2 heterocycles.